The minimum Gasteiger partial charge on any atom is -0.372 e. The third-order valence-corrected chi connectivity index (χ3v) is 2.50. The van der Waals surface area contributed by atoms with Crippen LogP contribution in [0.2, 0.25) is 0 Å². The van der Waals surface area contributed by atoms with Crippen LogP contribution in [0.5, 0.6) is 0 Å². The fourth-order valence-corrected chi connectivity index (χ4v) is 1.69. The van der Waals surface area contributed by atoms with Gasteiger partial charge in [-0.3, -0.25) is 4.90 Å². The normalized spacial score (nSPS) is 19.1. The number of hydrogen-bond acceptors (Lipinski definition) is 2. The molecule has 0 radical (unpaired) electrons. The Kier molecular flexibility index (Phi) is 3.54. The first-order chi connectivity index (χ1) is 7.38. The highest BCUT2D eigenvalue weighted by atomic mass is 16.6. The van der Waals surface area contributed by atoms with Crippen molar-refractivity contribution in [1.29, 1.82) is 0 Å². The zero-order chi connectivity index (χ0) is 10.5. The maximum atomic E-state index is 5.25. The fourth-order valence-electron chi connectivity index (χ4n) is 1.69. The molecule has 0 bridgehead atoms. The molecular weight excluding hydrogens is 186 g/mol. The molecule has 0 aliphatic carbocycles. The van der Waals surface area contributed by atoms with Crippen LogP contribution in [0.25, 0.3) is 0 Å². The second-order valence-electron chi connectivity index (χ2n) is 3.92. The van der Waals surface area contributed by atoms with Crippen molar-refractivity contribution < 1.29 is 4.74 Å². The molecule has 1 aromatic carbocycles. The summed E-state index contributed by atoms with van der Waals surface area (Å²) in [4.78, 5) is 2.36. The van der Waals surface area contributed by atoms with Gasteiger partial charge in [-0.25, -0.2) is 0 Å². The van der Waals surface area contributed by atoms with Gasteiger partial charge in [-0.05, 0) is 5.56 Å². The predicted molar refractivity (Wildman–Crippen MR) is 61.7 cm³/mol. The van der Waals surface area contributed by atoms with Crippen LogP contribution in [0.1, 0.15) is 5.56 Å². The van der Waals surface area contributed by atoms with Gasteiger partial charge in [-0.1, -0.05) is 36.4 Å². The predicted octanol–water partition coefficient (Wildman–Crippen LogP) is 2.07. The van der Waals surface area contributed by atoms with Gasteiger partial charge in [0, 0.05) is 19.6 Å². The molecule has 80 valence electrons. The molecule has 1 aliphatic rings. The molecule has 0 N–H and O–H groups in total. The summed E-state index contributed by atoms with van der Waals surface area (Å²) in [5.74, 6) is 0. The summed E-state index contributed by atoms with van der Waals surface area (Å²) >= 11 is 0. The Morgan fingerprint density at radius 1 is 1.40 bits per heavy atom. The first-order valence-corrected chi connectivity index (χ1v) is 5.37. The highest BCUT2D eigenvalue weighted by Gasteiger charge is 2.24. The van der Waals surface area contributed by atoms with Gasteiger partial charge >= 0.3 is 0 Å². The Morgan fingerprint density at radius 2 is 2.13 bits per heavy atom. The molecule has 0 amide bonds. The van der Waals surface area contributed by atoms with Crippen molar-refractivity contribution in [2.45, 2.75) is 12.6 Å². The van der Waals surface area contributed by atoms with Gasteiger partial charge in [0.1, 0.15) is 0 Å². The first-order valence-electron chi connectivity index (χ1n) is 5.37. The molecule has 1 aromatic rings. The molecule has 2 nitrogen and oxygen atoms in total. The van der Waals surface area contributed by atoms with Crippen LogP contribution in [-0.4, -0.2) is 30.7 Å². The summed E-state index contributed by atoms with van der Waals surface area (Å²) in [6, 6.07) is 10.5. The minimum absolute atomic E-state index is 0.452. The Balaban J connectivity index is 1.89. The van der Waals surface area contributed by atoms with E-state index < -0.39 is 0 Å². The largest absolute Gasteiger partial charge is 0.372 e. The molecule has 1 unspecified atom stereocenters. The summed E-state index contributed by atoms with van der Waals surface area (Å²) in [6.07, 6.45) is 2.40. The molecule has 15 heavy (non-hydrogen) atoms. The molecule has 1 atom stereocenters. The van der Waals surface area contributed by atoms with Crippen molar-refractivity contribution in [1.82, 2.24) is 4.90 Å². The van der Waals surface area contributed by atoms with Crippen molar-refractivity contribution in [3.8, 4) is 0 Å². The van der Waals surface area contributed by atoms with Gasteiger partial charge in [0.05, 0.1) is 12.7 Å². The van der Waals surface area contributed by atoms with E-state index >= 15 is 0 Å². The number of epoxide rings is 1. The number of benzene rings is 1. The molecule has 1 heterocycles. The zero-order valence-electron chi connectivity index (χ0n) is 8.93. The van der Waals surface area contributed by atoms with Gasteiger partial charge in [-0.2, -0.15) is 0 Å². The highest BCUT2D eigenvalue weighted by molar-refractivity contribution is 5.14. The van der Waals surface area contributed by atoms with E-state index in [1.807, 2.05) is 12.1 Å². The van der Waals surface area contributed by atoms with E-state index in [4.69, 9.17) is 4.74 Å². The molecular formula is C13H17NO. The lowest BCUT2D eigenvalue weighted by Gasteiger charge is -2.19. The average Bonchev–Trinajstić information content (AvgIpc) is 3.03. The van der Waals surface area contributed by atoms with Crippen molar-refractivity contribution in [3.05, 3.63) is 48.6 Å². The lowest BCUT2D eigenvalue weighted by Crippen LogP contribution is -2.27. The maximum Gasteiger partial charge on any atom is 0.0936 e. The molecule has 0 saturated carbocycles. The Morgan fingerprint density at radius 3 is 2.73 bits per heavy atom. The Hall–Kier alpha value is -1.12. The third kappa shape index (κ3) is 3.50. The van der Waals surface area contributed by atoms with Crippen LogP contribution in [0.4, 0.5) is 0 Å². The number of rotatable bonds is 6. The smallest absolute Gasteiger partial charge is 0.0936 e. The Labute approximate surface area is 91.2 Å². The van der Waals surface area contributed by atoms with Crippen LogP contribution in [0.3, 0.4) is 0 Å². The standard InChI is InChI=1S/C13H17NO/c1-2-8-14(10-13-11-15-13)9-12-6-4-3-5-7-12/h2-7,13H,1,8-11H2. The molecule has 1 saturated heterocycles. The average molecular weight is 203 g/mol. The number of nitrogens with zero attached hydrogens (tertiary/aromatic N) is 1. The van der Waals surface area contributed by atoms with Crippen LogP contribution >= 0.6 is 0 Å². The van der Waals surface area contributed by atoms with E-state index in [0.29, 0.717) is 6.10 Å². The number of hydrogen-bond donors (Lipinski definition) is 0. The van der Waals surface area contributed by atoms with E-state index in [0.717, 1.165) is 26.2 Å². The third-order valence-electron chi connectivity index (χ3n) is 2.50. The summed E-state index contributed by atoms with van der Waals surface area (Å²) in [5, 5.41) is 0. The van der Waals surface area contributed by atoms with Crippen LogP contribution in [0, 0.1) is 0 Å². The van der Waals surface area contributed by atoms with Gasteiger partial charge in [-0.15, -0.1) is 6.58 Å². The van der Waals surface area contributed by atoms with Gasteiger partial charge in [0.2, 0.25) is 0 Å². The van der Waals surface area contributed by atoms with Crippen molar-refractivity contribution in [3.63, 3.8) is 0 Å². The van der Waals surface area contributed by atoms with Crippen LogP contribution < -0.4 is 0 Å². The summed E-state index contributed by atoms with van der Waals surface area (Å²) < 4.78 is 5.25. The quantitative estimate of drug-likeness (QED) is 0.519. The van der Waals surface area contributed by atoms with Crippen molar-refractivity contribution >= 4 is 0 Å². The van der Waals surface area contributed by atoms with E-state index in [1.54, 1.807) is 0 Å². The van der Waals surface area contributed by atoms with Crippen molar-refractivity contribution in [2.24, 2.45) is 0 Å². The van der Waals surface area contributed by atoms with E-state index in [9.17, 15) is 0 Å². The summed E-state index contributed by atoms with van der Waals surface area (Å²) in [7, 11) is 0. The lowest BCUT2D eigenvalue weighted by molar-refractivity contribution is 0.256. The van der Waals surface area contributed by atoms with E-state index in [-0.39, 0.29) is 0 Å². The van der Waals surface area contributed by atoms with Crippen molar-refractivity contribution in [2.75, 3.05) is 19.7 Å². The van der Waals surface area contributed by atoms with E-state index in [1.165, 1.54) is 5.56 Å². The minimum atomic E-state index is 0.452. The van der Waals surface area contributed by atoms with Crippen LogP contribution in [-0.2, 0) is 11.3 Å². The maximum absolute atomic E-state index is 5.25. The first kappa shape index (κ1) is 10.4. The van der Waals surface area contributed by atoms with Gasteiger partial charge in [0.25, 0.3) is 0 Å². The zero-order valence-corrected chi connectivity index (χ0v) is 8.93. The second kappa shape index (κ2) is 5.10. The molecule has 1 aliphatic heterocycles. The topological polar surface area (TPSA) is 15.8 Å². The number of ether oxygens (including phenoxy) is 1. The molecule has 1 fully saturated rings. The molecule has 0 spiro atoms. The SMILES string of the molecule is C=CCN(Cc1ccccc1)CC1CO1. The van der Waals surface area contributed by atoms with Crippen LogP contribution in [0.15, 0.2) is 43.0 Å². The molecule has 2 heteroatoms. The Bertz CT molecular complexity index is 306. The fraction of sp³-hybridized carbons (Fsp3) is 0.385. The summed E-state index contributed by atoms with van der Waals surface area (Å²) in [5.41, 5.74) is 1.35. The van der Waals surface area contributed by atoms with Gasteiger partial charge < -0.3 is 4.74 Å². The summed E-state index contributed by atoms with van der Waals surface area (Å²) in [6.45, 7) is 7.63. The monoisotopic (exact) mass is 203 g/mol. The van der Waals surface area contributed by atoms with Gasteiger partial charge in [0.15, 0.2) is 0 Å². The lowest BCUT2D eigenvalue weighted by atomic mass is 10.2. The molecule has 2 rings (SSSR count). The highest BCUT2D eigenvalue weighted by Crippen LogP contribution is 2.13. The second-order valence-corrected chi connectivity index (χ2v) is 3.92. The molecule has 0 aromatic heterocycles. The van der Waals surface area contributed by atoms with E-state index in [2.05, 4.69) is 35.7 Å².